The number of aromatic amines is 1. The number of rotatable bonds is 5. The molecular weight excluding hydrogens is 470 g/mol. The van der Waals surface area contributed by atoms with E-state index in [4.69, 9.17) is 5.11 Å². The van der Waals surface area contributed by atoms with Crippen LogP contribution >= 0.6 is 12.4 Å². The minimum atomic E-state index is -1.64. The fraction of sp³-hybridized carbons (Fsp3) is 0.231. The van der Waals surface area contributed by atoms with E-state index in [1.807, 2.05) is 31.3 Å². The number of aryl methyl sites for hydroxylation is 2. The third kappa shape index (κ3) is 4.62. The SMILES string of the molecule is Cl.Cn1c(CNCc2ccccc2)cc2cc3c(cc21)CCCc1c-3[nH]c(=O)c(OC(=O)O)c1O. The van der Waals surface area contributed by atoms with Crippen LogP contribution in [0.15, 0.2) is 53.3 Å². The number of hydrogen-bond donors (Lipinski definition) is 4. The Bertz CT molecular complexity index is 1460. The Morgan fingerprint density at radius 2 is 1.91 bits per heavy atom. The highest BCUT2D eigenvalue weighted by atomic mass is 35.5. The molecule has 0 aliphatic heterocycles. The number of nitrogens with zero attached hydrogens (tertiary/aromatic N) is 1. The Morgan fingerprint density at radius 1 is 1.14 bits per heavy atom. The van der Waals surface area contributed by atoms with Crippen LogP contribution in [-0.2, 0) is 33.0 Å². The molecule has 0 saturated heterocycles. The molecule has 2 aromatic carbocycles. The molecule has 0 spiro atoms. The topological polar surface area (TPSA) is 117 Å². The van der Waals surface area contributed by atoms with Crippen LogP contribution in [0.2, 0.25) is 0 Å². The predicted molar refractivity (Wildman–Crippen MR) is 136 cm³/mol. The molecule has 5 rings (SSSR count). The number of carboxylic acid groups (broad SMARTS) is 1. The van der Waals surface area contributed by atoms with Crippen molar-refractivity contribution in [3.05, 3.63) is 81.3 Å². The maximum atomic E-state index is 12.5. The number of H-pyrrole nitrogens is 1. The molecule has 2 aromatic heterocycles. The third-order valence-electron chi connectivity index (χ3n) is 6.42. The van der Waals surface area contributed by atoms with Gasteiger partial charge in [-0.2, -0.15) is 0 Å². The van der Waals surface area contributed by atoms with Gasteiger partial charge in [0.2, 0.25) is 5.75 Å². The first-order chi connectivity index (χ1) is 16.4. The summed E-state index contributed by atoms with van der Waals surface area (Å²) in [5, 5.41) is 24.1. The lowest BCUT2D eigenvalue weighted by molar-refractivity contribution is 0.142. The van der Waals surface area contributed by atoms with Crippen molar-refractivity contribution in [2.24, 2.45) is 7.05 Å². The van der Waals surface area contributed by atoms with Gasteiger partial charge in [0.15, 0.2) is 5.75 Å². The average Bonchev–Trinajstić information content (AvgIpc) is 3.00. The summed E-state index contributed by atoms with van der Waals surface area (Å²) in [6, 6.07) is 16.5. The molecular formula is C26H26ClN3O5. The predicted octanol–water partition coefficient (Wildman–Crippen LogP) is 4.50. The van der Waals surface area contributed by atoms with Crippen LogP contribution < -0.4 is 15.6 Å². The summed E-state index contributed by atoms with van der Waals surface area (Å²) in [7, 11) is 2.04. The quantitative estimate of drug-likeness (QED) is 0.303. The van der Waals surface area contributed by atoms with E-state index in [0.29, 0.717) is 24.2 Å². The largest absolute Gasteiger partial charge is 0.511 e. The van der Waals surface area contributed by atoms with Gasteiger partial charge in [0.1, 0.15) is 0 Å². The number of carbonyl (C=O) groups is 1. The van der Waals surface area contributed by atoms with E-state index < -0.39 is 23.2 Å². The van der Waals surface area contributed by atoms with E-state index in [2.05, 4.69) is 43.9 Å². The second kappa shape index (κ2) is 9.85. The van der Waals surface area contributed by atoms with Gasteiger partial charge in [-0.05, 0) is 48.6 Å². The lowest BCUT2D eigenvalue weighted by Gasteiger charge is -2.13. The summed E-state index contributed by atoms with van der Waals surface area (Å²) >= 11 is 0. The number of halogens is 1. The van der Waals surface area contributed by atoms with Crippen LogP contribution in [0, 0.1) is 0 Å². The lowest BCUT2D eigenvalue weighted by Crippen LogP contribution is -2.17. The van der Waals surface area contributed by atoms with Gasteiger partial charge in [-0.1, -0.05) is 30.3 Å². The van der Waals surface area contributed by atoms with Gasteiger partial charge >= 0.3 is 6.16 Å². The maximum Gasteiger partial charge on any atom is 0.511 e. The molecule has 182 valence electrons. The number of ether oxygens (including phenoxy) is 1. The van der Waals surface area contributed by atoms with Gasteiger partial charge in [0, 0.05) is 47.9 Å². The summed E-state index contributed by atoms with van der Waals surface area (Å²) in [6.45, 7) is 1.47. The number of aromatic hydroxyl groups is 1. The Hall–Kier alpha value is -3.75. The van der Waals surface area contributed by atoms with Gasteiger partial charge in [-0.3, -0.25) is 4.79 Å². The molecule has 1 aliphatic rings. The molecule has 0 bridgehead atoms. The highest BCUT2D eigenvalue weighted by molar-refractivity contribution is 5.89. The molecule has 2 heterocycles. The molecule has 4 aromatic rings. The highest BCUT2D eigenvalue weighted by Crippen LogP contribution is 2.40. The molecule has 8 nitrogen and oxygen atoms in total. The second-order valence-corrected chi connectivity index (χ2v) is 8.56. The van der Waals surface area contributed by atoms with Gasteiger partial charge in [0.25, 0.3) is 5.56 Å². The van der Waals surface area contributed by atoms with Crippen molar-refractivity contribution in [3.8, 4) is 22.8 Å². The van der Waals surface area contributed by atoms with Gasteiger partial charge in [0.05, 0.1) is 5.69 Å². The standard InChI is InChI=1S/C26H25N3O5.ClH/c1-29-18(14-27-13-15-6-3-2-4-7-15)10-17-11-20-16(12-21(17)29)8-5-9-19-22(20)28-25(31)24(23(19)30)34-26(32)33;/h2-4,6-7,10-12,27H,5,8-9,13-14H2,1H3,(H,32,33)(H2,28,30,31);1H. The van der Waals surface area contributed by atoms with Crippen LogP contribution in [0.25, 0.3) is 22.2 Å². The number of hydrogen-bond acceptors (Lipinski definition) is 5. The fourth-order valence-electron chi connectivity index (χ4n) is 4.74. The third-order valence-corrected chi connectivity index (χ3v) is 6.42. The van der Waals surface area contributed by atoms with Crippen LogP contribution in [0.5, 0.6) is 11.5 Å². The Morgan fingerprint density at radius 3 is 2.66 bits per heavy atom. The molecule has 0 amide bonds. The zero-order valence-corrected chi connectivity index (χ0v) is 19.9. The van der Waals surface area contributed by atoms with E-state index in [0.717, 1.165) is 47.1 Å². The Kier molecular flexibility index (Phi) is 6.86. The average molecular weight is 496 g/mol. The minimum absolute atomic E-state index is 0. The van der Waals surface area contributed by atoms with Crippen molar-refractivity contribution in [1.82, 2.24) is 14.9 Å². The molecule has 0 atom stereocenters. The molecule has 35 heavy (non-hydrogen) atoms. The monoisotopic (exact) mass is 495 g/mol. The lowest BCUT2D eigenvalue weighted by atomic mass is 9.99. The van der Waals surface area contributed by atoms with E-state index in [-0.39, 0.29) is 12.4 Å². The first-order valence-corrected chi connectivity index (χ1v) is 11.2. The van der Waals surface area contributed by atoms with Crippen molar-refractivity contribution >= 4 is 29.5 Å². The van der Waals surface area contributed by atoms with E-state index in [1.54, 1.807) is 0 Å². The van der Waals surface area contributed by atoms with E-state index in [9.17, 15) is 14.7 Å². The zero-order chi connectivity index (χ0) is 23.8. The van der Waals surface area contributed by atoms with Crippen LogP contribution in [0.3, 0.4) is 0 Å². The highest BCUT2D eigenvalue weighted by Gasteiger charge is 2.25. The molecule has 9 heteroatoms. The number of benzene rings is 2. The van der Waals surface area contributed by atoms with Crippen molar-refractivity contribution in [3.63, 3.8) is 0 Å². The first kappa shape index (κ1) is 24.4. The molecule has 0 unspecified atom stereocenters. The summed E-state index contributed by atoms with van der Waals surface area (Å²) in [5.41, 5.74) is 5.59. The second-order valence-electron chi connectivity index (χ2n) is 8.56. The minimum Gasteiger partial charge on any atom is -0.504 e. The summed E-state index contributed by atoms with van der Waals surface area (Å²) in [4.78, 5) is 26.2. The van der Waals surface area contributed by atoms with E-state index >= 15 is 0 Å². The van der Waals surface area contributed by atoms with Crippen LogP contribution in [-0.4, -0.2) is 25.9 Å². The van der Waals surface area contributed by atoms with Crippen molar-refractivity contribution in [1.29, 1.82) is 0 Å². The Labute approximate surface area is 207 Å². The molecule has 0 saturated carbocycles. The van der Waals surface area contributed by atoms with E-state index in [1.165, 1.54) is 5.56 Å². The number of aromatic nitrogens is 2. The van der Waals surface area contributed by atoms with Crippen molar-refractivity contribution in [2.75, 3.05) is 0 Å². The van der Waals surface area contributed by atoms with Gasteiger partial charge in [-0.15, -0.1) is 12.4 Å². The zero-order valence-electron chi connectivity index (χ0n) is 19.1. The normalized spacial score (nSPS) is 12.4. The molecule has 4 N–H and O–H groups in total. The van der Waals surface area contributed by atoms with Crippen molar-refractivity contribution in [2.45, 2.75) is 32.4 Å². The number of fused-ring (bicyclic) bond motifs is 4. The fourth-order valence-corrected chi connectivity index (χ4v) is 4.74. The van der Waals surface area contributed by atoms with Crippen LogP contribution in [0.1, 0.15) is 28.8 Å². The molecule has 0 radical (unpaired) electrons. The number of pyridine rings is 1. The van der Waals surface area contributed by atoms with Gasteiger partial charge in [-0.25, -0.2) is 4.79 Å². The van der Waals surface area contributed by atoms with Crippen molar-refractivity contribution < 1.29 is 19.7 Å². The Balaban J connectivity index is 0.00000289. The summed E-state index contributed by atoms with van der Waals surface area (Å²) < 4.78 is 6.71. The van der Waals surface area contributed by atoms with Crippen LogP contribution in [0.4, 0.5) is 4.79 Å². The molecule has 0 fully saturated rings. The van der Waals surface area contributed by atoms with Gasteiger partial charge < -0.3 is 29.8 Å². The summed E-state index contributed by atoms with van der Waals surface area (Å²) in [6.07, 6.45) is 0.360. The summed E-state index contributed by atoms with van der Waals surface area (Å²) in [5.74, 6) is -0.991. The maximum absolute atomic E-state index is 12.5. The smallest absolute Gasteiger partial charge is 0.504 e. The molecule has 1 aliphatic carbocycles. The first-order valence-electron chi connectivity index (χ1n) is 11.2. The number of nitrogens with one attached hydrogen (secondary N) is 2.